The Balaban J connectivity index is 0. The molecule has 0 spiro atoms. The van der Waals surface area contributed by atoms with Crippen molar-refractivity contribution in [1.29, 1.82) is 0 Å². The Hall–Kier alpha value is 0.274. The molecule has 0 amide bonds. The SMILES string of the molecule is CCN(C)[Si](CC)(CC)CC.CO[SiH](OC)OC. The second-order valence-electron chi connectivity index (χ2n) is 4.29. The molecule has 0 bridgehead atoms. The Bertz CT molecular complexity index is 163. The van der Waals surface area contributed by atoms with Gasteiger partial charge >= 0.3 is 9.53 Å². The van der Waals surface area contributed by atoms with Crippen LogP contribution in [0.15, 0.2) is 0 Å². The molecule has 0 aliphatic carbocycles. The first-order valence-corrected chi connectivity index (χ1v) is 10.8. The Labute approximate surface area is 117 Å². The maximum absolute atomic E-state index is 4.74. The van der Waals surface area contributed by atoms with Crippen LogP contribution >= 0.6 is 0 Å². The van der Waals surface area contributed by atoms with E-state index in [-0.39, 0.29) is 0 Å². The van der Waals surface area contributed by atoms with E-state index in [0.29, 0.717) is 0 Å². The average Bonchev–Trinajstić information content (AvgIpc) is 2.43. The summed E-state index contributed by atoms with van der Waals surface area (Å²) in [7, 11) is 4.36. The second-order valence-corrected chi connectivity index (χ2v) is 11.6. The van der Waals surface area contributed by atoms with Gasteiger partial charge in [0.15, 0.2) is 0 Å². The zero-order chi connectivity index (χ0) is 14.6. The van der Waals surface area contributed by atoms with E-state index >= 15 is 0 Å². The van der Waals surface area contributed by atoms with Crippen molar-refractivity contribution in [2.75, 3.05) is 34.9 Å². The number of rotatable bonds is 8. The summed E-state index contributed by atoms with van der Waals surface area (Å²) in [6, 6.07) is 4.22. The van der Waals surface area contributed by atoms with Crippen LogP contribution in [0.3, 0.4) is 0 Å². The molecule has 0 fully saturated rings. The fraction of sp³-hybridized carbons (Fsp3) is 1.00. The molecule has 0 rings (SSSR count). The Morgan fingerprint density at radius 3 is 1.22 bits per heavy atom. The summed E-state index contributed by atoms with van der Waals surface area (Å²) in [6.45, 7) is 10.5. The Kier molecular flexibility index (Phi) is 14.1. The summed E-state index contributed by atoms with van der Waals surface area (Å²) < 4.78 is 16.8. The van der Waals surface area contributed by atoms with Gasteiger partial charge in [0.2, 0.25) is 0 Å². The second kappa shape index (κ2) is 12.3. The minimum absolute atomic E-state index is 0.987. The minimum Gasteiger partial charge on any atom is -0.379 e. The van der Waals surface area contributed by atoms with Crippen molar-refractivity contribution < 1.29 is 13.3 Å². The molecule has 0 saturated carbocycles. The molecule has 4 nitrogen and oxygen atoms in total. The van der Waals surface area contributed by atoms with E-state index in [1.807, 2.05) is 0 Å². The van der Waals surface area contributed by atoms with E-state index in [9.17, 15) is 0 Å². The van der Waals surface area contributed by atoms with Crippen LogP contribution in [-0.2, 0) is 13.3 Å². The third kappa shape index (κ3) is 7.01. The largest absolute Gasteiger partial charge is 0.483 e. The average molecular weight is 296 g/mol. The monoisotopic (exact) mass is 295 g/mol. The van der Waals surface area contributed by atoms with Gasteiger partial charge in [-0.1, -0.05) is 27.7 Å². The smallest absolute Gasteiger partial charge is 0.379 e. The van der Waals surface area contributed by atoms with E-state index in [0.717, 1.165) is 0 Å². The van der Waals surface area contributed by atoms with Crippen molar-refractivity contribution in [1.82, 2.24) is 4.57 Å². The van der Waals surface area contributed by atoms with E-state index in [1.54, 1.807) is 21.3 Å². The molecule has 6 heteroatoms. The van der Waals surface area contributed by atoms with Gasteiger partial charge < -0.3 is 17.8 Å². The first kappa shape index (κ1) is 20.6. The van der Waals surface area contributed by atoms with Crippen molar-refractivity contribution >= 4 is 17.8 Å². The van der Waals surface area contributed by atoms with Crippen LogP contribution in [0.25, 0.3) is 0 Å². The van der Waals surface area contributed by atoms with Gasteiger partial charge in [0, 0.05) is 21.3 Å². The first-order valence-electron chi connectivity index (χ1n) is 6.81. The highest BCUT2D eigenvalue weighted by Crippen LogP contribution is 2.22. The summed E-state index contributed by atoms with van der Waals surface area (Å²) in [4.78, 5) is 0. The lowest BCUT2D eigenvalue weighted by atomic mass is 10.8. The summed E-state index contributed by atoms with van der Waals surface area (Å²) in [5.74, 6) is 0. The van der Waals surface area contributed by atoms with E-state index < -0.39 is 17.8 Å². The van der Waals surface area contributed by atoms with Crippen LogP contribution < -0.4 is 0 Å². The normalized spacial score (nSPS) is 11.7. The lowest BCUT2D eigenvalue weighted by Crippen LogP contribution is -2.49. The lowest BCUT2D eigenvalue weighted by Gasteiger charge is -2.37. The lowest BCUT2D eigenvalue weighted by molar-refractivity contribution is 0.163. The van der Waals surface area contributed by atoms with Gasteiger partial charge in [-0.15, -0.1) is 0 Å². The molecule has 0 N–H and O–H groups in total. The molecule has 0 radical (unpaired) electrons. The van der Waals surface area contributed by atoms with Gasteiger partial charge in [0.05, 0.1) is 0 Å². The first-order chi connectivity index (χ1) is 8.51. The fourth-order valence-electron chi connectivity index (χ4n) is 2.18. The molecular formula is C12H33NO3Si2. The molecule has 112 valence electrons. The zero-order valence-electron chi connectivity index (χ0n) is 13.6. The van der Waals surface area contributed by atoms with Crippen molar-refractivity contribution in [3.63, 3.8) is 0 Å². The Morgan fingerprint density at radius 1 is 0.833 bits per heavy atom. The van der Waals surface area contributed by atoms with E-state index in [2.05, 4.69) is 39.3 Å². The molecule has 0 aromatic carbocycles. The molecule has 0 aromatic rings. The minimum atomic E-state index is -1.67. The molecule has 0 aliphatic heterocycles. The predicted molar refractivity (Wildman–Crippen MR) is 83.7 cm³/mol. The van der Waals surface area contributed by atoms with Crippen molar-refractivity contribution in [3.8, 4) is 0 Å². The van der Waals surface area contributed by atoms with Gasteiger partial charge in [0.25, 0.3) is 0 Å². The molecule has 0 unspecified atom stereocenters. The van der Waals surface area contributed by atoms with Gasteiger partial charge in [0.1, 0.15) is 8.24 Å². The van der Waals surface area contributed by atoms with Crippen molar-refractivity contribution in [2.45, 2.75) is 45.8 Å². The maximum atomic E-state index is 4.74. The third-order valence-electron chi connectivity index (χ3n) is 3.84. The standard InChI is InChI=1S/C9H23NSi.C3H10O3Si/c1-6-10(5)11(7-2,8-3)9-4;1-4-7(5-2)6-3/h6-9H2,1-5H3;7H,1-3H3. The Morgan fingerprint density at radius 2 is 1.17 bits per heavy atom. The zero-order valence-corrected chi connectivity index (χ0v) is 15.7. The molecule has 0 heterocycles. The highest BCUT2D eigenvalue weighted by atomic mass is 28.3. The van der Waals surface area contributed by atoms with Gasteiger partial charge in [-0.25, -0.2) is 0 Å². The maximum Gasteiger partial charge on any atom is 0.483 e. The topological polar surface area (TPSA) is 30.9 Å². The predicted octanol–water partition coefficient (Wildman–Crippen LogP) is 2.59. The fourth-order valence-corrected chi connectivity index (χ4v) is 6.55. The van der Waals surface area contributed by atoms with Crippen molar-refractivity contribution in [2.24, 2.45) is 0 Å². The van der Waals surface area contributed by atoms with Gasteiger partial charge in [-0.3, -0.25) is 0 Å². The summed E-state index contributed by atoms with van der Waals surface area (Å²) >= 11 is 0. The van der Waals surface area contributed by atoms with Crippen molar-refractivity contribution in [3.05, 3.63) is 0 Å². The molecular weight excluding hydrogens is 262 g/mol. The van der Waals surface area contributed by atoms with Crippen LogP contribution in [0.1, 0.15) is 27.7 Å². The van der Waals surface area contributed by atoms with Crippen LogP contribution in [0.5, 0.6) is 0 Å². The number of hydrogen-bond acceptors (Lipinski definition) is 4. The summed E-state index contributed by atoms with van der Waals surface area (Å²) in [5, 5.41) is 0. The van der Waals surface area contributed by atoms with Gasteiger partial charge in [-0.05, 0) is 31.7 Å². The molecule has 0 aliphatic rings. The third-order valence-corrected chi connectivity index (χ3v) is 10.9. The van der Waals surface area contributed by atoms with E-state index in [4.69, 9.17) is 13.3 Å². The highest BCUT2D eigenvalue weighted by molar-refractivity contribution is 6.76. The number of nitrogens with zero attached hydrogens (tertiary/aromatic N) is 1. The van der Waals surface area contributed by atoms with Gasteiger partial charge in [-0.2, -0.15) is 0 Å². The molecule has 18 heavy (non-hydrogen) atoms. The van der Waals surface area contributed by atoms with Crippen LogP contribution in [0, 0.1) is 0 Å². The van der Waals surface area contributed by atoms with Crippen LogP contribution in [-0.4, -0.2) is 57.3 Å². The number of hydrogen-bond donors (Lipinski definition) is 0. The molecule has 0 saturated heterocycles. The summed E-state index contributed by atoms with van der Waals surface area (Å²) in [5.41, 5.74) is 0. The van der Waals surface area contributed by atoms with Crippen LogP contribution in [0.2, 0.25) is 18.1 Å². The highest BCUT2D eigenvalue weighted by Gasteiger charge is 2.30. The van der Waals surface area contributed by atoms with Crippen LogP contribution in [0.4, 0.5) is 0 Å². The quantitative estimate of drug-likeness (QED) is 0.644. The summed E-state index contributed by atoms with van der Waals surface area (Å²) in [6.07, 6.45) is 0. The molecule has 0 atom stereocenters. The molecule has 0 aromatic heterocycles. The van der Waals surface area contributed by atoms with E-state index in [1.165, 1.54) is 24.7 Å².